The van der Waals surface area contributed by atoms with Crippen LogP contribution in [-0.4, -0.2) is 27.2 Å². The van der Waals surface area contributed by atoms with Crippen LogP contribution in [-0.2, 0) is 17.8 Å². The molecule has 0 saturated heterocycles. The zero-order valence-electron chi connectivity index (χ0n) is 17.2. The van der Waals surface area contributed by atoms with Crippen molar-refractivity contribution >= 4 is 17.3 Å². The van der Waals surface area contributed by atoms with Gasteiger partial charge in [-0.3, -0.25) is 0 Å². The molecule has 0 aliphatic heterocycles. The van der Waals surface area contributed by atoms with Crippen molar-refractivity contribution in [1.29, 1.82) is 0 Å². The van der Waals surface area contributed by atoms with Gasteiger partial charge in [-0.2, -0.15) is 5.10 Å². The van der Waals surface area contributed by atoms with Crippen molar-refractivity contribution in [2.24, 2.45) is 0 Å². The third-order valence-electron chi connectivity index (χ3n) is 5.03. The fourth-order valence-corrected chi connectivity index (χ4v) is 3.60. The topological polar surface area (TPSA) is 59.7 Å². The number of esters is 1. The van der Waals surface area contributed by atoms with Crippen molar-refractivity contribution in [2.75, 3.05) is 11.5 Å². The van der Waals surface area contributed by atoms with Gasteiger partial charge in [0.1, 0.15) is 11.8 Å². The molecule has 2 aromatic carbocycles. The summed E-state index contributed by atoms with van der Waals surface area (Å²) in [6.07, 6.45) is 3.25. The number of anilines is 1. The number of hydrogen-bond donors (Lipinski definition) is 0. The molecule has 0 unspecified atom stereocenters. The maximum Gasteiger partial charge on any atom is 0.340 e. The molecular formula is C24H24N4O2. The van der Waals surface area contributed by atoms with Crippen LogP contribution in [0.2, 0.25) is 0 Å². The maximum absolute atomic E-state index is 12.4. The second-order valence-electron chi connectivity index (χ2n) is 7.09. The number of aromatic nitrogens is 3. The van der Waals surface area contributed by atoms with E-state index in [2.05, 4.69) is 39.2 Å². The summed E-state index contributed by atoms with van der Waals surface area (Å²) in [6.45, 7) is 5.41. The van der Waals surface area contributed by atoms with Gasteiger partial charge in [0.05, 0.1) is 12.2 Å². The normalized spacial score (nSPS) is 10.9. The van der Waals surface area contributed by atoms with Gasteiger partial charge in [-0.15, -0.1) is 0 Å². The highest BCUT2D eigenvalue weighted by atomic mass is 16.5. The van der Waals surface area contributed by atoms with Crippen LogP contribution in [0.4, 0.5) is 5.82 Å². The molecule has 6 heteroatoms. The van der Waals surface area contributed by atoms with E-state index in [0.29, 0.717) is 25.3 Å². The molecule has 4 aromatic rings. The largest absolute Gasteiger partial charge is 0.462 e. The van der Waals surface area contributed by atoms with Crippen LogP contribution in [0.5, 0.6) is 0 Å². The Morgan fingerprint density at radius 2 is 1.60 bits per heavy atom. The zero-order chi connectivity index (χ0) is 20.9. The number of rotatable bonds is 7. The van der Waals surface area contributed by atoms with Crippen LogP contribution in [0.1, 0.15) is 34.0 Å². The summed E-state index contributed by atoms with van der Waals surface area (Å²) in [6, 6.07) is 20.6. The molecule has 0 aliphatic carbocycles. The molecule has 0 saturated carbocycles. The van der Waals surface area contributed by atoms with E-state index in [9.17, 15) is 4.79 Å². The monoisotopic (exact) mass is 400 g/mol. The lowest BCUT2D eigenvalue weighted by atomic mass is 10.1. The van der Waals surface area contributed by atoms with E-state index in [1.807, 2.05) is 43.3 Å². The number of nitrogens with zero attached hydrogens (tertiary/aromatic N) is 4. The van der Waals surface area contributed by atoms with Crippen molar-refractivity contribution in [3.63, 3.8) is 0 Å². The fraction of sp³-hybridized carbons (Fsp3) is 0.208. The van der Waals surface area contributed by atoms with E-state index in [-0.39, 0.29) is 5.97 Å². The van der Waals surface area contributed by atoms with Crippen molar-refractivity contribution < 1.29 is 9.53 Å². The van der Waals surface area contributed by atoms with Crippen LogP contribution in [0.25, 0.3) is 5.52 Å². The molecule has 0 N–H and O–H groups in total. The molecule has 0 spiro atoms. The minimum Gasteiger partial charge on any atom is -0.462 e. The van der Waals surface area contributed by atoms with E-state index in [4.69, 9.17) is 4.74 Å². The van der Waals surface area contributed by atoms with E-state index in [1.54, 1.807) is 17.6 Å². The maximum atomic E-state index is 12.4. The Labute approximate surface area is 175 Å². The lowest BCUT2D eigenvalue weighted by Crippen LogP contribution is -2.24. The van der Waals surface area contributed by atoms with Gasteiger partial charge in [0.15, 0.2) is 5.82 Å². The third kappa shape index (κ3) is 4.03. The Hall–Kier alpha value is -3.67. The van der Waals surface area contributed by atoms with Gasteiger partial charge < -0.3 is 9.64 Å². The lowest BCUT2D eigenvalue weighted by molar-refractivity contribution is 0.0525. The number of ether oxygens (including phenoxy) is 1. The molecular weight excluding hydrogens is 376 g/mol. The van der Waals surface area contributed by atoms with Gasteiger partial charge in [-0.25, -0.2) is 14.3 Å². The Morgan fingerprint density at radius 3 is 2.17 bits per heavy atom. The Morgan fingerprint density at radius 1 is 1.00 bits per heavy atom. The highest BCUT2D eigenvalue weighted by Crippen LogP contribution is 2.28. The van der Waals surface area contributed by atoms with Gasteiger partial charge in [0, 0.05) is 19.3 Å². The SMILES string of the molecule is CCOC(=O)c1cn2ncnc(N(Cc3ccccc3)Cc3ccccc3)c2c1C. The molecule has 6 nitrogen and oxygen atoms in total. The number of benzene rings is 2. The second-order valence-corrected chi connectivity index (χ2v) is 7.09. The van der Waals surface area contributed by atoms with Gasteiger partial charge in [-0.05, 0) is 30.5 Å². The summed E-state index contributed by atoms with van der Waals surface area (Å²) in [5, 5.41) is 4.33. The van der Waals surface area contributed by atoms with E-state index >= 15 is 0 Å². The molecule has 30 heavy (non-hydrogen) atoms. The van der Waals surface area contributed by atoms with Crippen molar-refractivity contribution in [2.45, 2.75) is 26.9 Å². The summed E-state index contributed by atoms with van der Waals surface area (Å²) in [4.78, 5) is 19.2. The van der Waals surface area contributed by atoms with Gasteiger partial charge in [0.2, 0.25) is 0 Å². The average molecular weight is 400 g/mol. The predicted octanol–water partition coefficient (Wildman–Crippen LogP) is 4.42. The van der Waals surface area contributed by atoms with E-state index < -0.39 is 0 Å². The predicted molar refractivity (Wildman–Crippen MR) is 116 cm³/mol. The van der Waals surface area contributed by atoms with Gasteiger partial charge in [0.25, 0.3) is 0 Å². The number of carbonyl (C=O) groups is 1. The van der Waals surface area contributed by atoms with E-state index in [0.717, 1.165) is 16.9 Å². The summed E-state index contributed by atoms with van der Waals surface area (Å²) in [5.41, 5.74) is 4.50. The molecule has 0 bridgehead atoms. The summed E-state index contributed by atoms with van der Waals surface area (Å²) >= 11 is 0. The first-order valence-electron chi connectivity index (χ1n) is 10.00. The quantitative estimate of drug-likeness (QED) is 0.430. The smallest absolute Gasteiger partial charge is 0.340 e. The zero-order valence-corrected chi connectivity index (χ0v) is 17.2. The molecule has 0 aliphatic rings. The Balaban J connectivity index is 1.80. The molecule has 4 rings (SSSR count). The average Bonchev–Trinajstić information content (AvgIpc) is 3.12. The minimum atomic E-state index is -0.343. The van der Waals surface area contributed by atoms with Crippen LogP contribution >= 0.6 is 0 Å². The highest BCUT2D eigenvalue weighted by Gasteiger charge is 2.22. The van der Waals surface area contributed by atoms with Crippen LogP contribution in [0.15, 0.2) is 73.2 Å². The Kier molecular flexibility index (Phi) is 5.75. The summed E-state index contributed by atoms with van der Waals surface area (Å²) in [5.74, 6) is 0.440. The molecule has 2 aromatic heterocycles. The summed E-state index contributed by atoms with van der Waals surface area (Å²) in [7, 11) is 0. The third-order valence-corrected chi connectivity index (χ3v) is 5.03. The van der Waals surface area contributed by atoms with Gasteiger partial charge >= 0.3 is 5.97 Å². The lowest BCUT2D eigenvalue weighted by Gasteiger charge is -2.25. The number of carbonyl (C=O) groups excluding carboxylic acids is 1. The van der Waals surface area contributed by atoms with Crippen LogP contribution in [0.3, 0.4) is 0 Å². The minimum absolute atomic E-state index is 0.330. The molecule has 0 fully saturated rings. The van der Waals surface area contributed by atoms with Gasteiger partial charge in [-0.1, -0.05) is 60.7 Å². The molecule has 2 heterocycles. The summed E-state index contributed by atoms with van der Waals surface area (Å²) < 4.78 is 6.93. The van der Waals surface area contributed by atoms with Crippen molar-refractivity contribution in [3.05, 3.63) is 95.4 Å². The number of fused-ring (bicyclic) bond motifs is 1. The number of aryl methyl sites for hydroxylation is 1. The van der Waals surface area contributed by atoms with E-state index in [1.165, 1.54) is 17.5 Å². The van der Waals surface area contributed by atoms with Crippen molar-refractivity contribution in [3.8, 4) is 0 Å². The van der Waals surface area contributed by atoms with Crippen LogP contribution < -0.4 is 4.90 Å². The van der Waals surface area contributed by atoms with Crippen molar-refractivity contribution in [1.82, 2.24) is 14.6 Å². The molecule has 0 amide bonds. The Bertz CT molecular complexity index is 1100. The first kappa shape index (κ1) is 19.6. The first-order valence-corrected chi connectivity index (χ1v) is 10.00. The first-order chi connectivity index (χ1) is 14.7. The standard InChI is InChI=1S/C24H24N4O2/c1-3-30-24(29)21-16-28-22(18(21)2)23(25-17-26-28)27(14-19-10-6-4-7-11-19)15-20-12-8-5-9-13-20/h4-13,16-17H,3,14-15H2,1-2H3. The highest BCUT2D eigenvalue weighted by molar-refractivity contribution is 5.95. The fourth-order valence-electron chi connectivity index (χ4n) is 3.60. The number of hydrogen-bond acceptors (Lipinski definition) is 5. The molecule has 0 radical (unpaired) electrons. The van der Waals surface area contributed by atoms with Crippen LogP contribution in [0, 0.1) is 6.92 Å². The second kappa shape index (κ2) is 8.78. The molecule has 0 atom stereocenters. The molecule has 152 valence electrons.